The van der Waals surface area contributed by atoms with Crippen LogP contribution in [-0.2, 0) is 12.8 Å². The van der Waals surface area contributed by atoms with Gasteiger partial charge in [0.05, 0.1) is 10.7 Å². The van der Waals surface area contributed by atoms with Crippen LogP contribution < -0.4 is 5.32 Å². The summed E-state index contributed by atoms with van der Waals surface area (Å²) in [5.41, 5.74) is 1.16. The number of nitrogens with zero attached hydrogens (tertiary/aromatic N) is 3. The van der Waals surface area contributed by atoms with Gasteiger partial charge in [-0.05, 0) is 31.7 Å². The van der Waals surface area contributed by atoms with Crippen LogP contribution in [0.4, 0.5) is 0 Å². The van der Waals surface area contributed by atoms with E-state index in [-0.39, 0.29) is 24.0 Å². The molecule has 0 radical (unpaired) electrons. The minimum atomic E-state index is 0. The van der Waals surface area contributed by atoms with Gasteiger partial charge in [0, 0.05) is 43.4 Å². The Hall–Kier alpha value is -0.670. The molecule has 0 amide bonds. The number of halogens is 1. The third kappa shape index (κ3) is 6.39. The molecular formula is C16H25IN4S2. The number of rotatable bonds is 6. The van der Waals surface area contributed by atoms with Gasteiger partial charge in [0.25, 0.3) is 0 Å². The summed E-state index contributed by atoms with van der Waals surface area (Å²) >= 11 is 3.60. The lowest BCUT2D eigenvalue weighted by molar-refractivity contribution is 0.487. The highest BCUT2D eigenvalue weighted by molar-refractivity contribution is 14.0. The van der Waals surface area contributed by atoms with Crippen molar-refractivity contribution in [1.82, 2.24) is 15.2 Å². The lowest BCUT2D eigenvalue weighted by atomic mass is 10.3. The summed E-state index contributed by atoms with van der Waals surface area (Å²) < 4.78 is 0. The molecule has 2 aromatic heterocycles. The maximum atomic E-state index is 4.47. The molecule has 0 unspecified atom stereocenters. The smallest absolute Gasteiger partial charge is 0.193 e. The summed E-state index contributed by atoms with van der Waals surface area (Å²) in [5, 5.41) is 6.71. The third-order valence-electron chi connectivity index (χ3n) is 3.48. The molecule has 0 bridgehead atoms. The van der Waals surface area contributed by atoms with E-state index in [1.807, 2.05) is 18.4 Å². The first-order chi connectivity index (χ1) is 10.6. The highest BCUT2D eigenvalue weighted by atomic mass is 127. The molecule has 0 aliphatic heterocycles. The van der Waals surface area contributed by atoms with E-state index < -0.39 is 0 Å². The van der Waals surface area contributed by atoms with Crippen molar-refractivity contribution in [1.29, 1.82) is 0 Å². The van der Waals surface area contributed by atoms with Crippen molar-refractivity contribution in [2.45, 2.75) is 26.7 Å². The van der Waals surface area contributed by atoms with Crippen LogP contribution in [0.25, 0.3) is 0 Å². The molecule has 0 aliphatic rings. The van der Waals surface area contributed by atoms with Crippen LogP contribution in [0.5, 0.6) is 0 Å². The Kier molecular flexibility index (Phi) is 9.08. The second-order valence-electron chi connectivity index (χ2n) is 5.22. The molecule has 0 atom stereocenters. The number of aromatic nitrogens is 1. The van der Waals surface area contributed by atoms with Gasteiger partial charge < -0.3 is 10.2 Å². The first kappa shape index (κ1) is 20.4. The predicted octanol–water partition coefficient (Wildman–Crippen LogP) is 3.73. The molecule has 0 aromatic carbocycles. The molecule has 2 rings (SSSR count). The first-order valence-electron chi connectivity index (χ1n) is 7.47. The van der Waals surface area contributed by atoms with E-state index in [4.69, 9.17) is 0 Å². The van der Waals surface area contributed by atoms with E-state index in [1.165, 1.54) is 9.75 Å². The molecule has 4 nitrogen and oxygen atoms in total. The number of thiazole rings is 1. The van der Waals surface area contributed by atoms with Crippen molar-refractivity contribution in [2.75, 3.05) is 27.2 Å². The Labute approximate surface area is 164 Å². The average molecular weight is 464 g/mol. The van der Waals surface area contributed by atoms with Crippen LogP contribution in [0.3, 0.4) is 0 Å². The largest absolute Gasteiger partial charge is 0.356 e. The summed E-state index contributed by atoms with van der Waals surface area (Å²) in [6.45, 7) is 6.00. The second kappa shape index (κ2) is 10.2. The van der Waals surface area contributed by atoms with E-state index in [2.05, 4.69) is 58.6 Å². The SMILES string of the molecule is CN=C(NCCc1sc(C)nc1C)N(C)CCc1cccs1.I. The van der Waals surface area contributed by atoms with E-state index in [1.54, 1.807) is 11.3 Å². The quantitative estimate of drug-likeness (QED) is 0.403. The Bertz CT molecular complexity index is 608. The third-order valence-corrected chi connectivity index (χ3v) is 5.55. The van der Waals surface area contributed by atoms with E-state index in [0.717, 1.165) is 42.6 Å². The average Bonchev–Trinajstić information content (AvgIpc) is 3.11. The van der Waals surface area contributed by atoms with Gasteiger partial charge in [-0.2, -0.15) is 0 Å². The van der Waals surface area contributed by atoms with Gasteiger partial charge >= 0.3 is 0 Å². The maximum absolute atomic E-state index is 4.47. The standard InChI is InChI=1S/C16H24N4S2.HI/c1-12-15(22-13(2)19-12)7-9-18-16(17-3)20(4)10-8-14-6-5-11-21-14;/h5-6,11H,7-10H2,1-4H3,(H,17,18);1H. The number of aliphatic imine (C=N–C) groups is 1. The summed E-state index contributed by atoms with van der Waals surface area (Å²) in [6.07, 6.45) is 2.05. The molecule has 0 aliphatic carbocycles. The number of thiophene rings is 1. The lowest BCUT2D eigenvalue weighted by Crippen LogP contribution is -2.40. The van der Waals surface area contributed by atoms with Crippen LogP contribution >= 0.6 is 46.7 Å². The zero-order valence-electron chi connectivity index (χ0n) is 14.1. The Morgan fingerprint density at radius 1 is 1.35 bits per heavy atom. The zero-order chi connectivity index (χ0) is 15.9. The van der Waals surface area contributed by atoms with Crippen LogP contribution in [0.1, 0.15) is 20.5 Å². The van der Waals surface area contributed by atoms with E-state index in [0.29, 0.717) is 0 Å². The fourth-order valence-electron chi connectivity index (χ4n) is 2.32. The number of guanidine groups is 1. The molecule has 23 heavy (non-hydrogen) atoms. The summed E-state index contributed by atoms with van der Waals surface area (Å²) in [5.74, 6) is 0.954. The summed E-state index contributed by atoms with van der Waals surface area (Å²) in [4.78, 5) is 13.8. The molecule has 0 saturated heterocycles. The van der Waals surface area contributed by atoms with Crippen LogP contribution in [-0.4, -0.2) is 43.0 Å². The molecule has 1 N–H and O–H groups in total. The Morgan fingerprint density at radius 3 is 2.70 bits per heavy atom. The highest BCUT2D eigenvalue weighted by Gasteiger charge is 2.08. The Balaban J connectivity index is 0.00000264. The van der Waals surface area contributed by atoms with Gasteiger partial charge in [0.1, 0.15) is 0 Å². The van der Waals surface area contributed by atoms with Gasteiger partial charge in [-0.25, -0.2) is 4.98 Å². The topological polar surface area (TPSA) is 40.5 Å². The molecule has 7 heteroatoms. The van der Waals surface area contributed by atoms with Gasteiger partial charge in [0.2, 0.25) is 0 Å². The molecule has 0 fully saturated rings. The zero-order valence-corrected chi connectivity index (χ0v) is 18.1. The van der Waals surface area contributed by atoms with Crippen LogP contribution in [0.15, 0.2) is 22.5 Å². The second-order valence-corrected chi connectivity index (χ2v) is 7.54. The maximum Gasteiger partial charge on any atom is 0.193 e. The predicted molar refractivity (Wildman–Crippen MR) is 113 cm³/mol. The minimum Gasteiger partial charge on any atom is -0.356 e. The van der Waals surface area contributed by atoms with Crippen molar-refractivity contribution < 1.29 is 0 Å². The summed E-state index contributed by atoms with van der Waals surface area (Å²) in [6, 6.07) is 4.29. The Morgan fingerprint density at radius 2 is 2.13 bits per heavy atom. The van der Waals surface area contributed by atoms with Crippen molar-refractivity contribution >= 4 is 52.6 Å². The van der Waals surface area contributed by atoms with Crippen molar-refractivity contribution in [3.8, 4) is 0 Å². The van der Waals surface area contributed by atoms with Gasteiger partial charge in [-0.3, -0.25) is 4.99 Å². The summed E-state index contributed by atoms with van der Waals surface area (Å²) in [7, 11) is 3.93. The molecule has 2 aromatic rings. The number of hydrogen-bond acceptors (Lipinski definition) is 4. The van der Waals surface area contributed by atoms with E-state index >= 15 is 0 Å². The number of likely N-dealkylation sites (N-methyl/N-ethyl adjacent to an activating group) is 1. The normalized spacial score (nSPS) is 11.2. The molecule has 128 valence electrons. The molecule has 0 saturated carbocycles. The molecule has 2 heterocycles. The van der Waals surface area contributed by atoms with E-state index in [9.17, 15) is 0 Å². The molecular weight excluding hydrogens is 439 g/mol. The number of aryl methyl sites for hydroxylation is 2. The van der Waals surface area contributed by atoms with Crippen LogP contribution in [0, 0.1) is 13.8 Å². The van der Waals surface area contributed by atoms with Crippen LogP contribution in [0.2, 0.25) is 0 Å². The van der Waals surface area contributed by atoms with Gasteiger partial charge in [0.15, 0.2) is 5.96 Å². The van der Waals surface area contributed by atoms with Crippen molar-refractivity contribution in [3.05, 3.63) is 38.0 Å². The van der Waals surface area contributed by atoms with Crippen molar-refractivity contribution in [3.63, 3.8) is 0 Å². The van der Waals surface area contributed by atoms with Gasteiger partial charge in [-0.1, -0.05) is 6.07 Å². The number of nitrogens with one attached hydrogen (secondary N) is 1. The first-order valence-corrected chi connectivity index (χ1v) is 9.17. The fourth-order valence-corrected chi connectivity index (χ4v) is 3.95. The highest BCUT2D eigenvalue weighted by Crippen LogP contribution is 2.17. The monoisotopic (exact) mass is 464 g/mol. The van der Waals surface area contributed by atoms with Crippen molar-refractivity contribution in [2.24, 2.45) is 4.99 Å². The molecule has 0 spiro atoms. The fraction of sp³-hybridized carbons (Fsp3) is 0.500. The number of hydrogen-bond donors (Lipinski definition) is 1. The lowest BCUT2D eigenvalue weighted by Gasteiger charge is -2.21. The van der Waals surface area contributed by atoms with Gasteiger partial charge in [-0.15, -0.1) is 46.7 Å². The minimum absolute atomic E-state index is 0.